The van der Waals surface area contributed by atoms with Gasteiger partial charge in [0.15, 0.2) is 0 Å². The zero-order valence-corrected chi connectivity index (χ0v) is 12.3. The molecule has 2 aromatic heterocycles. The minimum Gasteiger partial charge on any atom is -0.357 e. The molecule has 0 aliphatic rings. The van der Waals surface area contributed by atoms with Crippen molar-refractivity contribution in [3.05, 3.63) is 41.3 Å². The molecule has 3 rings (SSSR count). The predicted molar refractivity (Wildman–Crippen MR) is 86.1 cm³/mol. The van der Waals surface area contributed by atoms with Crippen LogP contribution in [0.1, 0.15) is 12.5 Å². The number of hydrogen-bond acceptors (Lipinski definition) is 5. The summed E-state index contributed by atoms with van der Waals surface area (Å²) >= 11 is 1.62. The summed E-state index contributed by atoms with van der Waals surface area (Å²) in [7, 11) is 1.83. The molecule has 0 fully saturated rings. The van der Waals surface area contributed by atoms with E-state index in [2.05, 4.69) is 51.8 Å². The zero-order valence-electron chi connectivity index (χ0n) is 11.5. The third-order valence-corrected chi connectivity index (χ3v) is 4.01. The standard InChI is InChI=1S/C15H16N4S/c1-3-10-6-4-5-7-12(10)17-13-11-8-9-20-14(11)19-15(16-2)18-13/h4-9H,3H2,1-2H3,(H2,16,17,18,19). The van der Waals surface area contributed by atoms with Crippen LogP contribution in [0.5, 0.6) is 0 Å². The summed E-state index contributed by atoms with van der Waals surface area (Å²) in [5, 5.41) is 9.54. The number of rotatable bonds is 4. The van der Waals surface area contributed by atoms with Crippen LogP contribution in [0.3, 0.4) is 0 Å². The molecule has 0 unspecified atom stereocenters. The Morgan fingerprint density at radius 1 is 1.15 bits per heavy atom. The fourth-order valence-electron chi connectivity index (χ4n) is 2.14. The average Bonchev–Trinajstić information content (AvgIpc) is 2.96. The maximum atomic E-state index is 4.54. The van der Waals surface area contributed by atoms with Crippen LogP contribution in [0.25, 0.3) is 10.2 Å². The molecule has 0 spiro atoms. The number of hydrogen-bond donors (Lipinski definition) is 2. The molecule has 2 N–H and O–H groups in total. The van der Waals surface area contributed by atoms with Gasteiger partial charge in [0, 0.05) is 12.7 Å². The van der Waals surface area contributed by atoms with Crippen molar-refractivity contribution >= 4 is 39.0 Å². The van der Waals surface area contributed by atoms with Crippen molar-refractivity contribution in [3.63, 3.8) is 0 Å². The highest BCUT2D eigenvalue weighted by Crippen LogP contribution is 2.29. The van der Waals surface area contributed by atoms with Crippen molar-refractivity contribution in [2.75, 3.05) is 17.7 Å². The largest absolute Gasteiger partial charge is 0.357 e. The molecule has 5 heteroatoms. The topological polar surface area (TPSA) is 49.8 Å². The second kappa shape index (κ2) is 5.46. The summed E-state index contributed by atoms with van der Waals surface area (Å²) in [6.45, 7) is 2.15. The van der Waals surface area contributed by atoms with Gasteiger partial charge in [0.25, 0.3) is 0 Å². The highest BCUT2D eigenvalue weighted by Gasteiger charge is 2.09. The molecule has 0 aliphatic carbocycles. The van der Waals surface area contributed by atoms with E-state index in [0.717, 1.165) is 28.1 Å². The summed E-state index contributed by atoms with van der Waals surface area (Å²) < 4.78 is 0. The molecular weight excluding hydrogens is 268 g/mol. The summed E-state index contributed by atoms with van der Waals surface area (Å²) in [6.07, 6.45) is 0.986. The maximum Gasteiger partial charge on any atom is 0.225 e. The van der Waals surface area contributed by atoms with Crippen molar-refractivity contribution in [1.29, 1.82) is 0 Å². The van der Waals surface area contributed by atoms with Gasteiger partial charge in [-0.3, -0.25) is 0 Å². The highest BCUT2D eigenvalue weighted by atomic mass is 32.1. The summed E-state index contributed by atoms with van der Waals surface area (Å²) in [5.41, 5.74) is 2.38. The van der Waals surface area contributed by atoms with Crippen molar-refractivity contribution in [3.8, 4) is 0 Å². The molecule has 3 aromatic rings. The first-order valence-electron chi connectivity index (χ1n) is 6.59. The van der Waals surface area contributed by atoms with E-state index < -0.39 is 0 Å². The van der Waals surface area contributed by atoms with Crippen molar-refractivity contribution in [2.45, 2.75) is 13.3 Å². The van der Waals surface area contributed by atoms with E-state index in [4.69, 9.17) is 0 Å². The quantitative estimate of drug-likeness (QED) is 0.759. The maximum absolute atomic E-state index is 4.54. The van der Waals surface area contributed by atoms with E-state index in [1.165, 1.54) is 5.56 Å². The number of benzene rings is 1. The summed E-state index contributed by atoms with van der Waals surface area (Å²) in [4.78, 5) is 9.98. The molecule has 0 amide bonds. The number of aryl methyl sites for hydroxylation is 1. The first-order valence-corrected chi connectivity index (χ1v) is 7.47. The molecule has 0 bridgehead atoms. The second-order valence-corrected chi connectivity index (χ2v) is 5.32. The lowest BCUT2D eigenvalue weighted by atomic mass is 10.1. The number of nitrogens with zero attached hydrogens (tertiary/aromatic N) is 2. The molecular formula is C15H16N4S. The Bertz CT molecular complexity index is 736. The highest BCUT2D eigenvalue weighted by molar-refractivity contribution is 7.16. The molecule has 2 heterocycles. The third kappa shape index (κ3) is 2.32. The normalized spacial score (nSPS) is 10.7. The molecule has 1 aromatic carbocycles. The van der Waals surface area contributed by atoms with Crippen LogP contribution in [0.2, 0.25) is 0 Å². The predicted octanol–water partition coefficient (Wildman–Crippen LogP) is 4.04. The number of thiophene rings is 1. The third-order valence-electron chi connectivity index (χ3n) is 3.20. The van der Waals surface area contributed by atoms with E-state index >= 15 is 0 Å². The molecule has 0 atom stereocenters. The molecule has 0 radical (unpaired) electrons. The lowest BCUT2D eigenvalue weighted by Crippen LogP contribution is -2.02. The Kier molecular flexibility index (Phi) is 3.52. The van der Waals surface area contributed by atoms with Gasteiger partial charge in [0.1, 0.15) is 10.6 Å². The van der Waals surface area contributed by atoms with Gasteiger partial charge in [-0.15, -0.1) is 11.3 Å². The molecule has 0 saturated heterocycles. The van der Waals surface area contributed by atoms with Crippen LogP contribution >= 0.6 is 11.3 Å². The Morgan fingerprint density at radius 2 is 2.00 bits per heavy atom. The zero-order chi connectivity index (χ0) is 13.9. The fraction of sp³-hybridized carbons (Fsp3) is 0.200. The minimum absolute atomic E-state index is 0.636. The van der Waals surface area contributed by atoms with Gasteiger partial charge in [-0.2, -0.15) is 4.98 Å². The van der Waals surface area contributed by atoms with Gasteiger partial charge in [0.2, 0.25) is 5.95 Å². The van der Waals surface area contributed by atoms with Crippen molar-refractivity contribution < 1.29 is 0 Å². The van der Waals surface area contributed by atoms with E-state index in [-0.39, 0.29) is 0 Å². The summed E-state index contributed by atoms with van der Waals surface area (Å²) in [5.74, 6) is 1.48. The molecule has 0 aliphatic heterocycles. The van der Waals surface area contributed by atoms with E-state index in [1.807, 2.05) is 18.5 Å². The molecule has 102 valence electrons. The van der Waals surface area contributed by atoms with Crippen LogP contribution in [0, 0.1) is 0 Å². The van der Waals surface area contributed by atoms with Crippen molar-refractivity contribution in [2.24, 2.45) is 0 Å². The minimum atomic E-state index is 0.636. The summed E-state index contributed by atoms with van der Waals surface area (Å²) in [6, 6.07) is 10.4. The lowest BCUT2D eigenvalue weighted by molar-refractivity contribution is 1.13. The smallest absolute Gasteiger partial charge is 0.225 e. The Balaban J connectivity index is 2.07. The van der Waals surface area contributed by atoms with Crippen LogP contribution in [0.4, 0.5) is 17.5 Å². The molecule has 20 heavy (non-hydrogen) atoms. The fourth-order valence-corrected chi connectivity index (χ4v) is 2.90. The van der Waals surface area contributed by atoms with Gasteiger partial charge < -0.3 is 10.6 Å². The second-order valence-electron chi connectivity index (χ2n) is 4.42. The Morgan fingerprint density at radius 3 is 2.80 bits per heavy atom. The van der Waals surface area contributed by atoms with Gasteiger partial charge in [0.05, 0.1) is 5.39 Å². The van der Waals surface area contributed by atoms with Crippen LogP contribution in [-0.4, -0.2) is 17.0 Å². The van der Waals surface area contributed by atoms with Gasteiger partial charge in [-0.25, -0.2) is 4.98 Å². The van der Waals surface area contributed by atoms with Crippen molar-refractivity contribution in [1.82, 2.24) is 9.97 Å². The van der Waals surface area contributed by atoms with Gasteiger partial charge in [-0.05, 0) is 29.5 Å². The van der Waals surface area contributed by atoms with Crippen LogP contribution < -0.4 is 10.6 Å². The molecule has 4 nitrogen and oxygen atoms in total. The van der Waals surface area contributed by atoms with Crippen LogP contribution in [0.15, 0.2) is 35.7 Å². The van der Waals surface area contributed by atoms with E-state index in [9.17, 15) is 0 Å². The number of para-hydroxylation sites is 1. The number of nitrogens with one attached hydrogen (secondary N) is 2. The van der Waals surface area contributed by atoms with E-state index in [1.54, 1.807) is 11.3 Å². The van der Waals surface area contributed by atoms with Gasteiger partial charge in [-0.1, -0.05) is 25.1 Å². The first-order chi connectivity index (χ1) is 9.81. The number of fused-ring (bicyclic) bond motifs is 1. The SMILES string of the molecule is CCc1ccccc1Nc1nc(NC)nc2sccc12. The first kappa shape index (κ1) is 12.9. The average molecular weight is 284 g/mol. The monoisotopic (exact) mass is 284 g/mol. The van der Waals surface area contributed by atoms with Crippen LogP contribution in [-0.2, 0) is 6.42 Å². The van der Waals surface area contributed by atoms with E-state index in [0.29, 0.717) is 5.95 Å². The molecule has 0 saturated carbocycles. The number of aromatic nitrogens is 2. The van der Waals surface area contributed by atoms with Gasteiger partial charge >= 0.3 is 0 Å². The Hall–Kier alpha value is -2.14. The number of anilines is 3. The Labute approximate surface area is 121 Å². The lowest BCUT2D eigenvalue weighted by Gasteiger charge is -2.11.